The minimum Gasteiger partial charge on any atom is -0.493 e. The van der Waals surface area contributed by atoms with E-state index in [1.54, 1.807) is 29.2 Å². The number of halogens is 1. The van der Waals surface area contributed by atoms with Gasteiger partial charge < -0.3 is 24.4 Å². The summed E-state index contributed by atoms with van der Waals surface area (Å²) in [5.74, 6) is 0.905. The first kappa shape index (κ1) is 23.8. The fourth-order valence-electron chi connectivity index (χ4n) is 5.06. The van der Waals surface area contributed by atoms with Crippen molar-refractivity contribution in [1.29, 1.82) is 0 Å². The summed E-state index contributed by atoms with van der Waals surface area (Å²) in [7, 11) is 1.62. The normalized spacial score (nSPS) is 16.3. The number of methoxy groups -OCH3 is 1. The van der Waals surface area contributed by atoms with E-state index < -0.39 is 5.82 Å². The number of pyridine rings is 1. The molecule has 0 saturated carbocycles. The van der Waals surface area contributed by atoms with Crippen LogP contribution in [0.15, 0.2) is 36.5 Å². The third kappa shape index (κ3) is 4.29. The summed E-state index contributed by atoms with van der Waals surface area (Å²) in [5.41, 5.74) is 2.85. The summed E-state index contributed by atoms with van der Waals surface area (Å²) < 4.78 is 21.1. The third-order valence-electron chi connectivity index (χ3n) is 7.07. The minimum absolute atomic E-state index is 0.0202. The van der Waals surface area contributed by atoms with Gasteiger partial charge in [0.15, 0.2) is 17.4 Å². The summed E-state index contributed by atoms with van der Waals surface area (Å²) in [4.78, 5) is 38.3. The Morgan fingerprint density at radius 1 is 1.11 bits per heavy atom. The van der Waals surface area contributed by atoms with Crippen molar-refractivity contribution in [2.45, 2.75) is 20.3 Å². The van der Waals surface area contributed by atoms with Gasteiger partial charge in [-0.1, -0.05) is 6.08 Å². The second kappa shape index (κ2) is 9.64. The van der Waals surface area contributed by atoms with Crippen LogP contribution in [-0.2, 0) is 4.79 Å². The number of H-pyrrole nitrogens is 1. The third-order valence-corrected chi connectivity index (χ3v) is 7.07. The van der Waals surface area contributed by atoms with Gasteiger partial charge in [-0.05, 0) is 48.7 Å². The van der Waals surface area contributed by atoms with Gasteiger partial charge in [0, 0.05) is 63.3 Å². The van der Waals surface area contributed by atoms with Crippen LogP contribution in [0.1, 0.15) is 35.0 Å². The molecule has 2 amide bonds. The Hall–Kier alpha value is -3.88. The molecular formula is C27H30FN5O3. The SMILES string of the molecule is COc1cccnc1N1CCN(C(=O)c2cc3c(C)cc(C4=CCCN(C(C)=O)C4)c(F)c3[nH]2)CC1. The Labute approximate surface area is 209 Å². The number of hydrogen-bond acceptors (Lipinski definition) is 5. The average Bonchev–Trinajstić information content (AvgIpc) is 3.37. The maximum atomic E-state index is 15.7. The van der Waals surface area contributed by atoms with Gasteiger partial charge >= 0.3 is 0 Å². The van der Waals surface area contributed by atoms with E-state index >= 15 is 4.39 Å². The Balaban J connectivity index is 1.36. The van der Waals surface area contributed by atoms with Crippen molar-refractivity contribution in [2.24, 2.45) is 0 Å². The first-order valence-electron chi connectivity index (χ1n) is 12.2. The van der Waals surface area contributed by atoms with Crippen LogP contribution in [-0.4, -0.2) is 78.0 Å². The molecule has 2 aliphatic rings. The predicted octanol–water partition coefficient (Wildman–Crippen LogP) is 3.62. The highest BCUT2D eigenvalue weighted by Crippen LogP contribution is 2.32. The number of nitrogens with one attached hydrogen (secondary N) is 1. The van der Waals surface area contributed by atoms with Crippen molar-refractivity contribution in [3.63, 3.8) is 0 Å². The first-order valence-corrected chi connectivity index (χ1v) is 12.2. The number of carbonyl (C=O) groups is 2. The Morgan fingerprint density at radius 3 is 2.61 bits per heavy atom. The summed E-state index contributed by atoms with van der Waals surface area (Å²) in [6.07, 6.45) is 4.41. The molecule has 1 N–H and O–H groups in total. The Kier molecular flexibility index (Phi) is 6.38. The van der Waals surface area contributed by atoms with Crippen LogP contribution in [0.3, 0.4) is 0 Å². The number of rotatable bonds is 4. The molecule has 1 fully saturated rings. The minimum atomic E-state index is -0.390. The fraction of sp³-hybridized carbons (Fsp3) is 0.370. The molecule has 0 unspecified atom stereocenters. The van der Waals surface area contributed by atoms with Crippen molar-refractivity contribution in [2.75, 3.05) is 51.3 Å². The molecule has 4 heterocycles. The number of piperazine rings is 1. The molecule has 1 aromatic carbocycles. The highest BCUT2D eigenvalue weighted by molar-refractivity contribution is 6.00. The standard InChI is InChI=1S/C27H30FN5O3/c1-17-14-21(19-6-5-9-33(16-19)18(2)34)24(28)25-20(17)15-22(30-25)27(35)32-12-10-31(11-13-32)26-23(36-3)7-4-8-29-26/h4,6-8,14-15,30H,5,9-13,16H2,1-3H3. The lowest BCUT2D eigenvalue weighted by molar-refractivity contribution is -0.128. The fourth-order valence-corrected chi connectivity index (χ4v) is 5.06. The van der Waals surface area contributed by atoms with E-state index in [0.29, 0.717) is 73.6 Å². The molecule has 5 rings (SSSR count). The number of fused-ring (bicyclic) bond motifs is 1. The molecule has 0 radical (unpaired) electrons. The molecule has 0 atom stereocenters. The van der Waals surface area contributed by atoms with E-state index in [9.17, 15) is 9.59 Å². The van der Waals surface area contributed by atoms with Crippen LogP contribution >= 0.6 is 0 Å². The molecule has 8 nitrogen and oxygen atoms in total. The van der Waals surface area contributed by atoms with Gasteiger partial charge in [-0.3, -0.25) is 9.59 Å². The number of aryl methyl sites for hydroxylation is 1. The van der Waals surface area contributed by atoms with Gasteiger partial charge in [0.1, 0.15) is 5.69 Å². The Bertz CT molecular complexity index is 1360. The summed E-state index contributed by atoms with van der Waals surface area (Å²) in [6, 6.07) is 7.25. The number of aromatic amines is 1. The lowest BCUT2D eigenvalue weighted by Gasteiger charge is -2.35. The Morgan fingerprint density at radius 2 is 1.89 bits per heavy atom. The number of aromatic nitrogens is 2. The zero-order valence-corrected chi connectivity index (χ0v) is 20.8. The number of amides is 2. The van der Waals surface area contributed by atoms with Gasteiger partial charge in [-0.15, -0.1) is 0 Å². The molecule has 0 bridgehead atoms. The maximum Gasteiger partial charge on any atom is 0.270 e. The van der Waals surface area contributed by atoms with Crippen molar-refractivity contribution >= 4 is 34.1 Å². The number of benzene rings is 1. The highest BCUT2D eigenvalue weighted by atomic mass is 19.1. The number of ether oxygens (including phenoxy) is 1. The van der Waals surface area contributed by atoms with E-state index in [1.165, 1.54) is 6.92 Å². The predicted molar refractivity (Wildman–Crippen MR) is 137 cm³/mol. The van der Waals surface area contributed by atoms with Gasteiger partial charge in [-0.2, -0.15) is 0 Å². The first-order chi connectivity index (χ1) is 17.4. The van der Waals surface area contributed by atoms with E-state index in [0.717, 1.165) is 17.0 Å². The molecule has 2 aliphatic heterocycles. The lowest BCUT2D eigenvalue weighted by Crippen LogP contribution is -2.49. The second-order valence-corrected chi connectivity index (χ2v) is 9.29. The smallest absolute Gasteiger partial charge is 0.270 e. The van der Waals surface area contributed by atoms with Gasteiger partial charge in [-0.25, -0.2) is 9.37 Å². The average molecular weight is 492 g/mol. The van der Waals surface area contributed by atoms with Crippen LogP contribution in [0.2, 0.25) is 0 Å². The zero-order chi connectivity index (χ0) is 25.4. The van der Waals surface area contributed by atoms with Gasteiger partial charge in [0.25, 0.3) is 5.91 Å². The highest BCUT2D eigenvalue weighted by Gasteiger charge is 2.27. The summed E-state index contributed by atoms with van der Waals surface area (Å²) >= 11 is 0. The summed E-state index contributed by atoms with van der Waals surface area (Å²) in [5, 5.41) is 0.691. The molecule has 1 saturated heterocycles. The van der Waals surface area contributed by atoms with E-state index in [2.05, 4.69) is 14.9 Å². The van der Waals surface area contributed by atoms with Gasteiger partial charge in [0.2, 0.25) is 5.91 Å². The number of carbonyl (C=O) groups excluding carboxylic acids is 2. The van der Waals surface area contributed by atoms with Crippen LogP contribution < -0.4 is 9.64 Å². The number of nitrogens with zero attached hydrogens (tertiary/aromatic N) is 4. The van der Waals surface area contributed by atoms with Crippen molar-refractivity contribution in [3.05, 3.63) is 59.2 Å². The van der Waals surface area contributed by atoms with E-state index in [4.69, 9.17) is 4.74 Å². The molecular weight excluding hydrogens is 461 g/mol. The monoisotopic (exact) mass is 491 g/mol. The molecule has 36 heavy (non-hydrogen) atoms. The van der Waals surface area contributed by atoms with Crippen LogP contribution in [0.25, 0.3) is 16.5 Å². The quantitative estimate of drug-likeness (QED) is 0.603. The topological polar surface area (TPSA) is 81.8 Å². The molecule has 9 heteroatoms. The maximum absolute atomic E-state index is 15.7. The molecule has 0 aliphatic carbocycles. The van der Waals surface area contributed by atoms with Crippen LogP contribution in [0.5, 0.6) is 5.75 Å². The van der Waals surface area contributed by atoms with E-state index in [-0.39, 0.29) is 11.8 Å². The molecule has 188 valence electrons. The number of anilines is 1. The van der Waals surface area contributed by atoms with Gasteiger partial charge in [0.05, 0.1) is 12.6 Å². The van der Waals surface area contributed by atoms with E-state index in [1.807, 2.05) is 31.2 Å². The lowest BCUT2D eigenvalue weighted by atomic mass is 9.97. The van der Waals surface area contributed by atoms with Crippen molar-refractivity contribution in [3.8, 4) is 5.75 Å². The number of hydrogen-bond donors (Lipinski definition) is 1. The molecule has 0 spiro atoms. The van der Waals surface area contributed by atoms with Crippen LogP contribution in [0, 0.1) is 12.7 Å². The van der Waals surface area contributed by atoms with Crippen LogP contribution in [0.4, 0.5) is 10.2 Å². The summed E-state index contributed by atoms with van der Waals surface area (Å²) in [6.45, 7) is 6.76. The largest absolute Gasteiger partial charge is 0.493 e. The second-order valence-electron chi connectivity index (χ2n) is 9.29. The van der Waals surface area contributed by atoms with Crippen molar-refractivity contribution < 1.29 is 18.7 Å². The molecule has 3 aromatic rings. The zero-order valence-electron chi connectivity index (χ0n) is 20.8. The molecule has 2 aromatic heterocycles. The van der Waals surface area contributed by atoms with Crippen molar-refractivity contribution in [1.82, 2.24) is 19.8 Å².